The summed E-state index contributed by atoms with van der Waals surface area (Å²) in [4.78, 5) is 14.6. The van der Waals surface area contributed by atoms with Gasteiger partial charge in [-0.3, -0.25) is 9.69 Å². The average Bonchev–Trinajstić information content (AvgIpc) is 2.97. The van der Waals surface area contributed by atoms with E-state index in [4.69, 9.17) is 11.6 Å². The lowest BCUT2D eigenvalue weighted by Crippen LogP contribution is -2.40. The molecule has 152 valence electrons. The van der Waals surface area contributed by atoms with Gasteiger partial charge in [-0.1, -0.05) is 55.3 Å². The van der Waals surface area contributed by atoms with E-state index in [2.05, 4.69) is 34.4 Å². The van der Waals surface area contributed by atoms with Crippen LogP contribution < -0.4 is 5.32 Å². The summed E-state index contributed by atoms with van der Waals surface area (Å²) in [6.07, 6.45) is 3.98. The first-order valence-corrected chi connectivity index (χ1v) is 10.7. The molecular formula is C22H31ClN4O. The Bertz CT molecular complexity index is 766. The van der Waals surface area contributed by atoms with Crippen molar-refractivity contribution in [2.75, 3.05) is 19.6 Å². The van der Waals surface area contributed by atoms with E-state index < -0.39 is 0 Å². The highest BCUT2D eigenvalue weighted by Gasteiger charge is 2.26. The minimum absolute atomic E-state index is 0.144. The monoisotopic (exact) mass is 402 g/mol. The molecule has 1 amide bonds. The van der Waals surface area contributed by atoms with Gasteiger partial charge in [-0.15, -0.1) is 0 Å². The molecule has 0 radical (unpaired) electrons. The van der Waals surface area contributed by atoms with E-state index in [0.29, 0.717) is 6.54 Å². The van der Waals surface area contributed by atoms with E-state index in [1.54, 1.807) is 0 Å². The lowest BCUT2D eigenvalue weighted by Gasteiger charge is -2.31. The summed E-state index contributed by atoms with van der Waals surface area (Å²) in [7, 11) is 0. The summed E-state index contributed by atoms with van der Waals surface area (Å²) in [6, 6.07) is 10.2. The van der Waals surface area contributed by atoms with Gasteiger partial charge in [-0.2, -0.15) is 5.10 Å². The molecule has 0 bridgehead atoms. The minimum Gasteiger partial charge on any atom is -0.356 e. The van der Waals surface area contributed by atoms with Crippen molar-refractivity contribution in [3.8, 4) is 0 Å². The van der Waals surface area contributed by atoms with Crippen molar-refractivity contribution in [2.24, 2.45) is 5.92 Å². The molecule has 1 aliphatic heterocycles. The standard InChI is InChI=1S/C22H31ClN4O/c1-3-4-12-24-22(28)19-10-13-26(14-11-19)16-20-17(2)25-27(21(20)23)15-18-8-6-5-7-9-18/h5-9,19H,3-4,10-16H2,1-2H3,(H,24,28). The molecule has 0 unspecified atom stereocenters. The maximum atomic E-state index is 12.3. The number of piperidine rings is 1. The number of rotatable bonds is 8. The van der Waals surface area contributed by atoms with Crippen LogP contribution in [0, 0.1) is 12.8 Å². The van der Waals surface area contributed by atoms with Crippen molar-refractivity contribution >= 4 is 17.5 Å². The number of nitrogens with one attached hydrogen (secondary N) is 1. The van der Waals surface area contributed by atoms with Crippen molar-refractivity contribution in [3.05, 3.63) is 52.3 Å². The SMILES string of the molecule is CCCCNC(=O)C1CCN(Cc2c(C)nn(Cc3ccccc3)c2Cl)CC1. The van der Waals surface area contributed by atoms with Crippen molar-refractivity contribution in [2.45, 2.75) is 52.6 Å². The fourth-order valence-electron chi connectivity index (χ4n) is 3.74. The molecule has 28 heavy (non-hydrogen) atoms. The predicted molar refractivity (Wildman–Crippen MR) is 113 cm³/mol. The van der Waals surface area contributed by atoms with E-state index in [1.165, 1.54) is 5.56 Å². The zero-order valence-electron chi connectivity index (χ0n) is 17.0. The Balaban J connectivity index is 1.54. The van der Waals surface area contributed by atoms with Gasteiger partial charge >= 0.3 is 0 Å². The molecule has 1 fully saturated rings. The van der Waals surface area contributed by atoms with E-state index >= 15 is 0 Å². The number of carbonyl (C=O) groups excluding carboxylic acids is 1. The van der Waals surface area contributed by atoms with Gasteiger partial charge in [-0.05, 0) is 44.8 Å². The molecule has 5 nitrogen and oxygen atoms in total. The maximum Gasteiger partial charge on any atom is 0.223 e. The van der Waals surface area contributed by atoms with Gasteiger partial charge in [-0.25, -0.2) is 4.68 Å². The molecule has 1 N–H and O–H groups in total. The molecule has 3 rings (SSSR count). The van der Waals surface area contributed by atoms with Crippen LogP contribution in [0.2, 0.25) is 5.15 Å². The van der Waals surface area contributed by atoms with Gasteiger partial charge in [0.1, 0.15) is 5.15 Å². The van der Waals surface area contributed by atoms with Gasteiger partial charge < -0.3 is 5.32 Å². The first-order chi connectivity index (χ1) is 13.6. The Labute approximate surface area is 173 Å². The van der Waals surface area contributed by atoms with Crippen LogP contribution in [0.5, 0.6) is 0 Å². The highest BCUT2D eigenvalue weighted by atomic mass is 35.5. The Morgan fingerprint density at radius 1 is 1.21 bits per heavy atom. The lowest BCUT2D eigenvalue weighted by molar-refractivity contribution is -0.126. The molecule has 2 heterocycles. The quantitative estimate of drug-likeness (QED) is 0.678. The van der Waals surface area contributed by atoms with Gasteiger partial charge in [0.15, 0.2) is 0 Å². The molecule has 1 aromatic carbocycles. The van der Waals surface area contributed by atoms with Crippen molar-refractivity contribution < 1.29 is 4.79 Å². The van der Waals surface area contributed by atoms with Crippen LogP contribution in [0.15, 0.2) is 30.3 Å². The molecule has 2 aromatic rings. The number of likely N-dealkylation sites (tertiary alicyclic amines) is 1. The summed E-state index contributed by atoms with van der Waals surface area (Å²) < 4.78 is 1.88. The van der Waals surface area contributed by atoms with Crippen molar-refractivity contribution in [1.82, 2.24) is 20.0 Å². The molecule has 0 aliphatic carbocycles. The molecule has 1 aromatic heterocycles. The zero-order valence-corrected chi connectivity index (χ0v) is 17.7. The van der Waals surface area contributed by atoms with E-state index in [1.807, 2.05) is 29.8 Å². The minimum atomic E-state index is 0.144. The summed E-state index contributed by atoms with van der Waals surface area (Å²) >= 11 is 6.66. The van der Waals surface area contributed by atoms with Crippen molar-refractivity contribution in [1.29, 1.82) is 0 Å². The summed E-state index contributed by atoms with van der Waals surface area (Å²) in [5.74, 6) is 0.364. The molecule has 6 heteroatoms. The summed E-state index contributed by atoms with van der Waals surface area (Å²) in [6.45, 7) is 8.28. The van der Waals surface area contributed by atoms with Crippen LogP contribution in [0.4, 0.5) is 0 Å². The van der Waals surface area contributed by atoms with E-state index in [-0.39, 0.29) is 11.8 Å². The van der Waals surface area contributed by atoms with Crippen LogP contribution >= 0.6 is 11.6 Å². The lowest BCUT2D eigenvalue weighted by atomic mass is 9.95. The zero-order chi connectivity index (χ0) is 19.9. The summed E-state index contributed by atoms with van der Waals surface area (Å²) in [5, 5.41) is 8.44. The molecule has 1 saturated heterocycles. The van der Waals surface area contributed by atoms with Gasteiger partial charge in [0, 0.05) is 24.6 Å². The Hall–Kier alpha value is -1.85. The molecular weight excluding hydrogens is 372 g/mol. The Kier molecular flexibility index (Phi) is 7.51. The number of unbranched alkanes of at least 4 members (excludes halogenated alkanes) is 1. The molecule has 1 aliphatic rings. The maximum absolute atomic E-state index is 12.3. The Morgan fingerprint density at radius 2 is 1.93 bits per heavy atom. The topological polar surface area (TPSA) is 50.2 Å². The number of carbonyl (C=O) groups is 1. The van der Waals surface area contributed by atoms with Crippen LogP contribution in [0.25, 0.3) is 0 Å². The summed E-state index contributed by atoms with van der Waals surface area (Å²) in [5.41, 5.74) is 3.28. The van der Waals surface area contributed by atoms with E-state index in [9.17, 15) is 4.79 Å². The average molecular weight is 403 g/mol. The second kappa shape index (κ2) is 10.1. The Morgan fingerprint density at radius 3 is 2.61 bits per heavy atom. The van der Waals surface area contributed by atoms with Crippen LogP contribution in [0.3, 0.4) is 0 Å². The fraction of sp³-hybridized carbons (Fsp3) is 0.545. The van der Waals surface area contributed by atoms with Gasteiger partial charge in [0.2, 0.25) is 5.91 Å². The van der Waals surface area contributed by atoms with Crippen LogP contribution in [-0.2, 0) is 17.9 Å². The third kappa shape index (κ3) is 5.36. The number of aromatic nitrogens is 2. The number of benzene rings is 1. The van der Waals surface area contributed by atoms with Crippen molar-refractivity contribution in [3.63, 3.8) is 0 Å². The van der Waals surface area contributed by atoms with E-state index in [0.717, 1.165) is 68.3 Å². The van der Waals surface area contributed by atoms with Crippen LogP contribution in [0.1, 0.15) is 49.4 Å². The first kappa shape index (κ1) is 20.9. The predicted octanol–water partition coefficient (Wildman–Crippen LogP) is 4.02. The smallest absolute Gasteiger partial charge is 0.223 e. The fourth-order valence-corrected chi connectivity index (χ4v) is 4.03. The molecule has 0 spiro atoms. The van der Waals surface area contributed by atoms with Crippen LogP contribution in [-0.4, -0.2) is 40.2 Å². The molecule has 0 atom stereocenters. The molecule has 0 saturated carbocycles. The highest BCUT2D eigenvalue weighted by Crippen LogP contribution is 2.25. The number of aryl methyl sites for hydroxylation is 1. The number of hydrogen-bond donors (Lipinski definition) is 1. The third-order valence-corrected chi connectivity index (χ3v) is 5.95. The van der Waals surface area contributed by atoms with Gasteiger partial charge in [0.05, 0.1) is 12.2 Å². The normalized spacial score (nSPS) is 15.7. The first-order valence-electron chi connectivity index (χ1n) is 10.3. The number of nitrogens with zero attached hydrogens (tertiary/aromatic N) is 3. The second-order valence-electron chi connectivity index (χ2n) is 7.69. The second-order valence-corrected chi connectivity index (χ2v) is 8.05. The highest BCUT2D eigenvalue weighted by molar-refractivity contribution is 6.30. The van der Waals surface area contributed by atoms with Gasteiger partial charge in [0.25, 0.3) is 0 Å². The largest absolute Gasteiger partial charge is 0.356 e. The third-order valence-electron chi connectivity index (χ3n) is 5.53. The number of amides is 1. The number of halogens is 1. The number of hydrogen-bond acceptors (Lipinski definition) is 3.